The van der Waals surface area contributed by atoms with Crippen LogP contribution in [0, 0.1) is 6.92 Å². The smallest absolute Gasteiger partial charge is 0.316 e. The Morgan fingerprint density at radius 3 is 2.74 bits per heavy atom. The van der Waals surface area contributed by atoms with Gasteiger partial charge in [-0.05, 0) is 20.0 Å². The first-order valence-electron chi connectivity index (χ1n) is 6.04. The van der Waals surface area contributed by atoms with E-state index in [2.05, 4.69) is 15.3 Å². The average Bonchev–Trinajstić information content (AvgIpc) is 2.41. The first-order chi connectivity index (χ1) is 9.20. The van der Waals surface area contributed by atoms with Gasteiger partial charge in [-0.25, -0.2) is 9.97 Å². The monoisotopic (exact) mass is 277 g/mol. The summed E-state index contributed by atoms with van der Waals surface area (Å²) >= 11 is 6.06. The van der Waals surface area contributed by atoms with Gasteiger partial charge in [0.15, 0.2) is 0 Å². The summed E-state index contributed by atoms with van der Waals surface area (Å²) in [7, 11) is 1.89. The molecule has 0 atom stereocenters. The lowest BCUT2D eigenvalue weighted by Gasteiger charge is -2.08. The highest BCUT2D eigenvalue weighted by atomic mass is 35.5. The van der Waals surface area contributed by atoms with Gasteiger partial charge in [0.05, 0.1) is 0 Å². The molecule has 4 nitrogen and oxygen atoms in total. The molecule has 0 radical (unpaired) electrons. The summed E-state index contributed by atoms with van der Waals surface area (Å²) in [6.07, 6.45) is 1.78. The Bertz CT molecular complexity index is 560. The molecule has 0 bridgehead atoms. The Labute approximate surface area is 117 Å². The van der Waals surface area contributed by atoms with Crippen LogP contribution in [0.1, 0.15) is 16.8 Å². The van der Waals surface area contributed by atoms with E-state index >= 15 is 0 Å². The van der Waals surface area contributed by atoms with Gasteiger partial charge in [-0.15, -0.1) is 0 Å². The molecule has 0 fully saturated rings. The van der Waals surface area contributed by atoms with Crippen molar-refractivity contribution in [3.8, 4) is 6.01 Å². The highest BCUT2D eigenvalue weighted by Crippen LogP contribution is 2.17. The molecule has 0 aliphatic carbocycles. The van der Waals surface area contributed by atoms with Crippen LogP contribution in [-0.2, 0) is 13.2 Å². The topological polar surface area (TPSA) is 47.0 Å². The van der Waals surface area contributed by atoms with Gasteiger partial charge in [0, 0.05) is 34.6 Å². The largest absolute Gasteiger partial charge is 0.459 e. The van der Waals surface area contributed by atoms with Crippen molar-refractivity contribution in [3.05, 3.63) is 52.3 Å². The first kappa shape index (κ1) is 13.8. The number of rotatable bonds is 5. The van der Waals surface area contributed by atoms with E-state index in [1.54, 1.807) is 6.20 Å². The molecule has 0 aliphatic rings. The fourth-order valence-corrected chi connectivity index (χ4v) is 1.85. The van der Waals surface area contributed by atoms with E-state index in [1.807, 2.05) is 38.2 Å². The van der Waals surface area contributed by atoms with Crippen molar-refractivity contribution in [2.75, 3.05) is 7.05 Å². The molecule has 0 saturated heterocycles. The van der Waals surface area contributed by atoms with Crippen LogP contribution >= 0.6 is 11.6 Å². The van der Waals surface area contributed by atoms with E-state index in [9.17, 15) is 0 Å². The van der Waals surface area contributed by atoms with Crippen LogP contribution in [-0.4, -0.2) is 17.0 Å². The quantitative estimate of drug-likeness (QED) is 0.913. The van der Waals surface area contributed by atoms with E-state index < -0.39 is 0 Å². The number of nitrogens with one attached hydrogen (secondary N) is 1. The van der Waals surface area contributed by atoms with Gasteiger partial charge in [-0.3, -0.25) is 0 Å². The maximum atomic E-state index is 6.06. The first-order valence-corrected chi connectivity index (χ1v) is 6.42. The summed E-state index contributed by atoms with van der Waals surface area (Å²) < 4.78 is 5.56. The standard InChI is InChI=1S/C14H16ClN3O/c1-10-12(7-16-2)8-17-14(18-10)19-9-11-5-3-4-6-13(11)15/h3-6,8,16H,7,9H2,1-2H3. The maximum Gasteiger partial charge on any atom is 0.316 e. The van der Waals surface area contributed by atoms with Crippen LogP contribution in [0.25, 0.3) is 0 Å². The van der Waals surface area contributed by atoms with Crippen molar-refractivity contribution >= 4 is 11.6 Å². The molecule has 100 valence electrons. The van der Waals surface area contributed by atoms with Crippen molar-refractivity contribution in [1.82, 2.24) is 15.3 Å². The van der Waals surface area contributed by atoms with Crippen LogP contribution in [0.4, 0.5) is 0 Å². The Balaban J connectivity index is 2.04. The van der Waals surface area contributed by atoms with Crippen LogP contribution in [0.5, 0.6) is 6.01 Å². The Morgan fingerprint density at radius 2 is 2.05 bits per heavy atom. The summed E-state index contributed by atoms with van der Waals surface area (Å²) in [5, 5.41) is 3.76. The van der Waals surface area contributed by atoms with E-state index in [-0.39, 0.29) is 0 Å². The zero-order valence-corrected chi connectivity index (χ0v) is 11.7. The molecule has 0 saturated carbocycles. The van der Waals surface area contributed by atoms with Crippen molar-refractivity contribution in [3.63, 3.8) is 0 Å². The lowest BCUT2D eigenvalue weighted by Crippen LogP contribution is -2.09. The lowest BCUT2D eigenvalue weighted by molar-refractivity contribution is 0.279. The molecule has 0 aliphatic heterocycles. The van der Waals surface area contributed by atoms with Crippen LogP contribution in [0.3, 0.4) is 0 Å². The number of nitrogens with zero attached hydrogens (tertiary/aromatic N) is 2. The fraction of sp³-hybridized carbons (Fsp3) is 0.286. The van der Waals surface area contributed by atoms with E-state index in [4.69, 9.17) is 16.3 Å². The van der Waals surface area contributed by atoms with E-state index in [0.717, 1.165) is 23.4 Å². The maximum absolute atomic E-state index is 6.06. The van der Waals surface area contributed by atoms with Crippen molar-refractivity contribution in [2.45, 2.75) is 20.1 Å². The number of aromatic nitrogens is 2. The van der Waals surface area contributed by atoms with Crippen molar-refractivity contribution in [2.24, 2.45) is 0 Å². The lowest BCUT2D eigenvalue weighted by atomic mass is 10.2. The predicted octanol–water partition coefficient (Wildman–Crippen LogP) is 2.74. The molecular weight excluding hydrogens is 262 g/mol. The molecule has 0 unspecified atom stereocenters. The van der Waals surface area contributed by atoms with Gasteiger partial charge >= 0.3 is 6.01 Å². The summed E-state index contributed by atoms with van der Waals surface area (Å²) in [4.78, 5) is 8.51. The number of ether oxygens (including phenoxy) is 1. The van der Waals surface area contributed by atoms with Gasteiger partial charge in [0.1, 0.15) is 6.61 Å². The molecule has 2 rings (SSSR count). The molecule has 1 N–H and O–H groups in total. The Morgan fingerprint density at radius 1 is 1.26 bits per heavy atom. The second-order valence-electron chi connectivity index (χ2n) is 4.17. The van der Waals surface area contributed by atoms with Crippen molar-refractivity contribution < 1.29 is 4.74 Å². The molecule has 19 heavy (non-hydrogen) atoms. The molecular formula is C14H16ClN3O. The molecule has 1 aromatic carbocycles. The Kier molecular flexibility index (Phi) is 4.71. The van der Waals surface area contributed by atoms with Crippen LogP contribution in [0.2, 0.25) is 5.02 Å². The van der Waals surface area contributed by atoms with Crippen LogP contribution in [0.15, 0.2) is 30.5 Å². The zero-order valence-electron chi connectivity index (χ0n) is 11.0. The van der Waals surface area contributed by atoms with Gasteiger partial charge in [-0.1, -0.05) is 29.8 Å². The normalized spacial score (nSPS) is 10.5. The fourth-order valence-electron chi connectivity index (χ4n) is 1.66. The third-order valence-electron chi connectivity index (χ3n) is 2.74. The van der Waals surface area contributed by atoms with Gasteiger partial charge < -0.3 is 10.1 Å². The minimum Gasteiger partial charge on any atom is -0.459 e. The number of hydrogen-bond acceptors (Lipinski definition) is 4. The van der Waals surface area contributed by atoms with Gasteiger partial charge in [0.25, 0.3) is 0 Å². The minimum atomic E-state index is 0.366. The number of aryl methyl sites for hydroxylation is 1. The molecule has 1 heterocycles. The number of benzene rings is 1. The molecule has 2 aromatic rings. The second-order valence-corrected chi connectivity index (χ2v) is 4.58. The number of hydrogen-bond donors (Lipinski definition) is 1. The highest BCUT2D eigenvalue weighted by Gasteiger charge is 2.05. The van der Waals surface area contributed by atoms with E-state index in [0.29, 0.717) is 17.6 Å². The molecule has 5 heteroatoms. The van der Waals surface area contributed by atoms with Crippen molar-refractivity contribution in [1.29, 1.82) is 0 Å². The summed E-state index contributed by atoms with van der Waals surface area (Å²) in [5.41, 5.74) is 2.90. The van der Waals surface area contributed by atoms with Crippen LogP contribution < -0.4 is 10.1 Å². The third kappa shape index (κ3) is 3.66. The highest BCUT2D eigenvalue weighted by molar-refractivity contribution is 6.31. The van der Waals surface area contributed by atoms with E-state index in [1.165, 1.54) is 0 Å². The number of halogens is 1. The second kappa shape index (κ2) is 6.50. The zero-order chi connectivity index (χ0) is 13.7. The summed E-state index contributed by atoms with van der Waals surface area (Å²) in [6.45, 7) is 3.05. The average molecular weight is 278 g/mol. The summed E-state index contributed by atoms with van der Waals surface area (Å²) in [6, 6.07) is 7.94. The molecule has 0 spiro atoms. The molecule has 1 aromatic heterocycles. The third-order valence-corrected chi connectivity index (χ3v) is 3.11. The SMILES string of the molecule is CNCc1cnc(OCc2ccccc2Cl)nc1C. The van der Waals surface area contributed by atoms with Gasteiger partial charge in [-0.2, -0.15) is 0 Å². The predicted molar refractivity (Wildman–Crippen MR) is 75.3 cm³/mol. The van der Waals surface area contributed by atoms with Gasteiger partial charge in [0.2, 0.25) is 0 Å². The minimum absolute atomic E-state index is 0.366. The summed E-state index contributed by atoms with van der Waals surface area (Å²) in [5.74, 6) is 0. The molecule has 0 amide bonds. The Hall–Kier alpha value is -1.65.